The first-order valence-corrected chi connectivity index (χ1v) is 19.5. The molecule has 5 heteroatoms. The number of hydrogen-bond donors (Lipinski definition) is 2. The van der Waals surface area contributed by atoms with Crippen LogP contribution in [0.3, 0.4) is 0 Å². The molecule has 0 aliphatic carbocycles. The molecule has 0 bridgehead atoms. The summed E-state index contributed by atoms with van der Waals surface area (Å²) in [5.41, 5.74) is 13.2. The van der Waals surface area contributed by atoms with Crippen LogP contribution in [0.5, 0.6) is 0 Å². The molecule has 264 valence electrons. The number of aromatic nitrogens is 3. The van der Waals surface area contributed by atoms with E-state index in [4.69, 9.17) is 0 Å². The van der Waals surface area contributed by atoms with E-state index in [0.717, 1.165) is 11.4 Å². The van der Waals surface area contributed by atoms with Crippen LogP contribution in [0, 0.1) is 0 Å². The Bertz CT molecular complexity index is 3550. The minimum atomic E-state index is -0.727. The summed E-state index contributed by atoms with van der Waals surface area (Å²) in [6, 6.07) is 64.6. The minimum Gasteiger partial charge on any atom is -0.350 e. The number of nitrogens with zero attached hydrogens (tertiary/aromatic N) is 3. The summed E-state index contributed by atoms with van der Waals surface area (Å²) < 4.78 is 7.62. The summed E-state index contributed by atoms with van der Waals surface area (Å²) in [7, 11) is 0. The summed E-state index contributed by atoms with van der Waals surface area (Å²) in [6.07, 6.45) is 0. The van der Waals surface area contributed by atoms with Crippen LogP contribution in [-0.2, 0) is 5.79 Å². The highest BCUT2D eigenvalue weighted by Crippen LogP contribution is 2.50. The maximum atomic E-state index is 4.19. The first-order valence-electron chi connectivity index (χ1n) is 19.5. The highest BCUT2D eigenvalue weighted by Gasteiger charge is 2.39. The average molecular weight is 718 g/mol. The highest BCUT2D eigenvalue weighted by molar-refractivity contribution is 6.36. The van der Waals surface area contributed by atoms with Gasteiger partial charge in [-0.2, -0.15) is 0 Å². The van der Waals surface area contributed by atoms with Gasteiger partial charge in [-0.05, 0) is 65.9 Å². The lowest BCUT2D eigenvalue weighted by atomic mass is 9.93. The van der Waals surface area contributed by atoms with Gasteiger partial charge in [0.25, 0.3) is 0 Å². The van der Waals surface area contributed by atoms with Crippen LogP contribution in [0.1, 0.15) is 24.1 Å². The second kappa shape index (κ2) is 10.8. The van der Waals surface area contributed by atoms with Gasteiger partial charge in [-0.3, -0.25) is 5.32 Å². The Kier molecular flexibility index (Phi) is 5.83. The molecule has 12 aromatic rings. The second-order valence-corrected chi connectivity index (χ2v) is 15.6. The summed E-state index contributed by atoms with van der Waals surface area (Å²) in [5, 5.41) is 18.3. The maximum Gasteiger partial charge on any atom is 0.168 e. The summed E-state index contributed by atoms with van der Waals surface area (Å²) in [5.74, 6) is -0.727. The Hall–Kier alpha value is -7.08. The van der Waals surface area contributed by atoms with Gasteiger partial charge in [-0.15, -0.1) is 0 Å². The number of nitrogens with one attached hydrogen (secondary N) is 2. The smallest absolute Gasteiger partial charge is 0.168 e. The summed E-state index contributed by atoms with van der Waals surface area (Å²) >= 11 is 0. The van der Waals surface area contributed by atoms with E-state index in [-0.39, 0.29) is 6.04 Å². The molecule has 0 amide bonds. The molecule has 0 radical (unpaired) electrons. The van der Waals surface area contributed by atoms with Crippen molar-refractivity contribution in [1.29, 1.82) is 0 Å². The SMILES string of the molecule is CC1(n2c3cccc4c5cccc6c7ccccc7n(c56)c5c6c7ccccc7n(-c7ccccc7)c6cc2c5c43)Nc2ccccc2C(c2ccccc2)N1. The van der Waals surface area contributed by atoms with Crippen LogP contribution in [0.4, 0.5) is 5.69 Å². The molecular formula is C51H35N5. The Balaban J connectivity index is 1.30. The Labute approximate surface area is 321 Å². The highest BCUT2D eigenvalue weighted by atomic mass is 15.4. The lowest BCUT2D eigenvalue weighted by Crippen LogP contribution is -2.55. The molecule has 4 aromatic heterocycles. The fourth-order valence-corrected chi connectivity index (χ4v) is 10.4. The standard InChI is InChI=1S/C51H35N5/c1-51(52-39-26-11-8-21-37(39)48(53-51)31-16-4-2-5-17-31)56-42-29-15-23-34-36-25-14-24-35-33-20-9-12-27-40(33)55(49(35)36)50-46-38-22-10-13-28-41(38)54(32-18-6-3-7-19-32)43(46)30-44(56)47(50)45(34)42/h2-30,48,52-53H,1H3. The lowest BCUT2D eigenvalue weighted by Gasteiger charge is -2.44. The van der Waals surface area contributed by atoms with E-state index in [0.29, 0.717) is 0 Å². The Morgan fingerprint density at radius 2 is 1.09 bits per heavy atom. The molecule has 2 unspecified atom stereocenters. The summed E-state index contributed by atoms with van der Waals surface area (Å²) in [6.45, 7) is 2.31. The van der Waals surface area contributed by atoms with Crippen LogP contribution < -0.4 is 10.6 Å². The molecular weight excluding hydrogens is 683 g/mol. The first-order chi connectivity index (χ1) is 27.7. The third-order valence-corrected chi connectivity index (χ3v) is 12.6. The van der Waals surface area contributed by atoms with Crippen molar-refractivity contribution >= 4 is 87.4 Å². The normalized spacial score (nSPS) is 17.3. The van der Waals surface area contributed by atoms with Crippen LogP contribution in [0.2, 0.25) is 0 Å². The molecule has 2 N–H and O–H groups in total. The van der Waals surface area contributed by atoms with Gasteiger partial charge in [0.1, 0.15) is 0 Å². The van der Waals surface area contributed by atoms with Crippen molar-refractivity contribution in [2.24, 2.45) is 0 Å². The fraction of sp³-hybridized carbons (Fsp3) is 0.0588. The quantitative estimate of drug-likeness (QED) is 0.191. The van der Waals surface area contributed by atoms with Gasteiger partial charge >= 0.3 is 0 Å². The zero-order valence-electron chi connectivity index (χ0n) is 30.7. The van der Waals surface area contributed by atoms with Gasteiger partial charge in [-0.25, -0.2) is 0 Å². The largest absolute Gasteiger partial charge is 0.350 e. The molecule has 13 rings (SSSR count). The molecule has 0 saturated heterocycles. The monoisotopic (exact) mass is 717 g/mol. The third-order valence-electron chi connectivity index (χ3n) is 12.6. The summed E-state index contributed by atoms with van der Waals surface area (Å²) in [4.78, 5) is 0. The van der Waals surface area contributed by atoms with Gasteiger partial charge in [0.15, 0.2) is 5.79 Å². The van der Waals surface area contributed by atoms with Crippen molar-refractivity contribution < 1.29 is 0 Å². The lowest BCUT2D eigenvalue weighted by molar-refractivity contribution is 0.269. The predicted octanol–water partition coefficient (Wildman–Crippen LogP) is 12.5. The van der Waals surface area contributed by atoms with Crippen molar-refractivity contribution in [3.63, 3.8) is 0 Å². The number of para-hydroxylation sites is 5. The van der Waals surface area contributed by atoms with E-state index in [1.807, 2.05) is 0 Å². The van der Waals surface area contributed by atoms with Crippen LogP contribution in [0.25, 0.3) is 87.4 Å². The molecule has 56 heavy (non-hydrogen) atoms. The van der Waals surface area contributed by atoms with E-state index >= 15 is 0 Å². The first kappa shape index (κ1) is 30.3. The molecule has 5 heterocycles. The number of hydrogen-bond acceptors (Lipinski definition) is 2. The van der Waals surface area contributed by atoms with E-state index in [1.54, 1.807) is 0 Å². The van der Waals surface area contributed by atoms with Gasteiger partial charge in [0.2, 0.25) is 0 Å². The molecule has 2 atom stereocenters. The molecule has 1 aliphatic heterocycles. The maximum absolute atomic E-state index is 4.19. The van der Waals surface area contributed by atoms with Crippen LogP contribution in [0.15, 0.2) is 176 Å². The van der Waals surface area contributed by atoms with Crippen molar-refractivity contribution in [2.45, 2.75) is 18.8 Å². The van der Waals surface area contributed by atoms with Crippen LogP contribution in [-0.4, -0.2) is 13.5 Å². The van der Waals surface area contributed by atoms with E-state index in [2.05, 4.69) is 207 Å². The molecule has 0 spiro atoms. The molecule has 0 fully saturated rings. The van der Waals surface area contributed by atoms with Gasteiger partial charge in [-0.1, -0.05) is 133 Å². The van der Waals surface area contributed by atoms with Crippen LogP contribution >= 0.6 is 0 Å². The fourth-order valence-electron chi connectivity index (χ4n) is 10.4. The van der Waals surface area contributed by atoms with Gasteiger partial charge in [0.05, 0.1) is 44.7 Å². The van der Waals surface area contributed by atoms with E-state index in [9.17, 15) is 0 Å². The molecule has 5 nitrogen and oxygen atoms in total. The van der Waals surface area contributed by atoms with Crippen molar-refractivity contribution in [3.8, 4) is 5.69 Å². The zero-order valence-corrected chi connectivity index (χ0v) is 30.7. The van der Waals surface area contributed by atoms with E-state index in [1.165, 1.54) is 92.8 Å². The molecule has 0 saturated carbocycles. The third kappa shape index (κ3) is 3.77. The van der Waals surface area contributed by atoms with Crippen molar-refractivity contribution in [1.82, 2.24) is 18.9 Å². The number of anilines is 1. The predicted molar refractivity (Wildman–Crippen MR) is 234 cm³/mol. The number of benzene rings is 8. The minimum absolute atomic E-state index is 0.0325. The Morgan fingerprint density at radius 1 is 0.464 bits per heavy atom. The Morgan fingerprint density at radius 3 is 1.93 bits per heavy atom. The molecule has 8 aromatic carbocycles. The second-order valence-electron chi connectivity index (χ2n) is 15.6. The van der Waals surface area contributed by atoms with Crippen molar-refractivity contribution in [2.75, 3.05) is 5.32 Å². The molecule has 1 aliphatic rings. The average Bonchev–Trinajstić information content (AvgIpc) is 3.86. The topological polar surface area (TPSA) is 38.3 Å². The van der Waals surface area contributed by atoms with Gasteiger partial charge in [0, 0.05) is 49.1 Å². The number of rotatable bonds is 3. The number of fused-ring (bicyclic) bond motifs is 10. The van der Waals surface area contributed by atoms with Crippen molar-refractivity contribution in [3.05, 3.63) is 187 Å². The van der Waals surface area contributed by atoms with E-state index < -0.39 is 5.79 Å². The van der Waals surface area contributed by atoms with Gasteiger partial charge < -0.3 is 18.9 Å². The zero-order chi connectivity index (χ0) is 36.7.